The molecule has 0 aliphatic heterocycles. The van der Waals surface area contributed by atoms with Crippen LogP contribution in [0.1, 0.15) is 26.3 Å². The van der Waals surface area contributed by atoms with E-state index in [1.165, 1.54) is 5.56 Å². The maximum Gasteiger partial charge on any atom is 0.245 e. The molecule has 2 rings (SSSR count). The van der Waals surface area contributed by atoms with Crippen molar-refractivity contribution in [3.8, 4) is 0 Å². The van der Waals surface area contributed by atoms with E-state index in [4.69, 9.17) is 0 Å². The molecule has 6 heteroatoms. The number of aromatic nitrogens is 4. The Balaban J connectivity index is 1.99. The molecule has 2 heterocycles. The Labute approximate surface area is 125 Å². The first-order valence-corrected chi connectivity index (χ1v) is 7.02. The van der Waals surface area contributed by atoms with Crippen LogP contribution in [-0.4, -0.2) is 39.3 Å². The fourth-order valence-corrected chi connectivity index (χ4v) is 1.83. The topological polar surface area (TPSA) is 66.8 Å². The Morgan fingerprint density at radius 3 is 2.57 bits per heavy atom. The first-order chi connectivity index (χ1) is 9.94. The van der Waals surface area contributed by atoms with Crippen molar-refractivity contribution in [2.45, 2.75) is 32.7 Å². The highest BCUT2D eigenvalue weighted by molar-refractivity contribution is 5.40. The van der Waals surface area contributed by atoms with E-state index in [2.05, 4.69) is 51.2 Å². The van der Waals surface area contributed by atoms with E-state index in [0.717, 1.165) is 18.8 Å². The number of likely N-dealkylation sites (N-methyl/N-ethyl adjacent to an activating group) is 1. The van der Waals surface area contributed by atoms with Gasteiger partial charge in [-0.25, -0.2) is 0 Å². The number of hydrogen-bond donors (Lipinski definition) is 1. The Morgan fingerprint density at radius 1 is 1.19 bits per heavy atom. The number of nitrogens with one attached hydrogen (secondary N) is 1. The molecule has 21 heavy (non-hydrogen) atoms. The van der Waals surface area contributed by atoms with E-state index in [-0.39, 0.29) is 5.54 Å². The van der Waals surface area contributed by atoms with Gasteiger partial charge in [0, 0.05) is 31.5 Å². The van der Waals surface area contributed by atoms with Gasteiger partial charge in [0.15, 0.2) is 5.82 Å². The van der Waals surface area contributed by atoms with Gasteiger partial charge in [-0.05, 0) is 44.9 Å². The standard InChI is InChI=1S/C15H22N6/c1-15(2,3)19-14-18-13(11-17-20-14)21(4)10-7-12-5-8-16-9-6-12/h5-6,8-9,11H,7,10H2,1-4H3,(H,18,19,20). The maximum atomic E-state index is 4.50. The molecule has 2 aromatic rings. The minimum Gasteiger partial charge on any atom is -0.358 e. The largest absolute Gasteiger partial charge is 0.358 e. The van der Waals surface area contributed by atoms with Gasteiger partial charge in [-0.3, -0.25) is 4.98 Å². The number of hydrogen-bond acceptors (Lipinski definition) is 6. The second-order valence-electron chi connectivity index (χ2n) is 6.04. The van der Waals surface area contributed by atoms with Crippen LogP contribution in [0.2, 0.25) is 0 Å². The van der Waals surface area contributed by atoms with Gasteiger partial charge in [0.05, 0.1) is 6.20 Å². The van der Waals surface area contributed by atoms with Crippen molar-refractivity contribution in [1.82, 2.24) is 20.2 Å². The third kappa shape index (κ3) is 4.98. The fraction of sp³-hybridized carbons (Fsp3) is 0.467. The molecule has 0 radical (unpaired) electrons. The molecule has 112 valence electrons. The van der Waals surface area contributed by atoms with Crippen molar-refractivity contribution in [3.05, 3.63) is 36.3 Å². The first-order valence-electron chi connectivity index (χ1n) is 7.02. The Kier molecular flexibility index (Phi) is 4.67. The molecule has 2 aromatic heterocycles. The number of pyridine rings is 1. The second kappa shape index (κ2) is 6.47. The van der Waals surface area contributed by atoms with Crippen LogP contribution in [0.25, 0.3) is 0 Å². The van der Waals surface area contributed by atoms with Crippen LogP contribution in [0.3, 0.4) is 0 Å². The van der Waals surface area contributed by atoms with Crippen molar-refractivity contribution >= 4 is 11.8 Å². The van der Waals surface area contributed by atoms with Crippen molar-refractivity contribution in [1.29, 1.82) is 0 Å². The molecule has 0 saturated heterocycles. The molecular formula is C15H22N6. The molecule has 0 fully saturated rings. The first kappa shape index (κ1) is 15.2. The SMILES string of the molecule is CN(CCc1ccncc1)c1cnnc(NC(C)(C)C)n1. The Morgan fingerprint density at radius 2 is 1.90 bits per heavy atom. The minimum atomic E-state index is -0.0874. The lowest BCUT2D eigenvalue weighted by molar-refractivity contribution is 0.622. The van der Waals surface area contributed by atoms with Crippen molar-refractivity contribution in [2.75, 3.05) is 23.8 Å². The molecule has 0 amide bonds. The molecule has 0 saturated carbocycles. The molecule has 0 aromatic carbocycles. The van der Waals surface area contributed by atoms with E-state index >= 15 is 0 Å². The van der Waals surface area contributed by atoms with Crippen LogP contribution >= 0.6 is 0 Å². The highest BCUT2D eigenvalue weighted by atomic mass is 15.3. The summed E-state index contributed by atoms with van der Waals surface area (Å²) in [5.41, 5.74) is 1.17. The van der Waals surface area contributed by atoms with E-state index < -0.39 is 0 Å². The van der Waals surface area contributed by atoms with Crippen molar-refractivity contribution in [3.63, 3.8) is 0 Å². The van der Waals surface area contributed by atoms with E-state index in [1.807, 2.05) is 31.6 Å². The average Bonchev–Trinajstić information content (AvgIpc) is 2.44. The summed E-state index contributed by atoms with van der Waals surface area (Å²) < 4.78 is 0. The Bertz CT molecular complexity index is 564. The zero-order valence-corrected chi connectivity index (χ0v) is 13.0. The van der Waals surface area contributed by atoms with Crippen LogP contribution in [0.4, 0.5) is 11.8 Å². The van der Waals surface area contributed by atoms with Gasteiger partial charge in [-0.2, -0.15) is 10.1 Å². The summed E-state index contributed by atoms with van der Waals surface area (Å²) in [6.07, 6.45) is 6.24. The lowest BCUT2D eigenvalue weighted by Crippen LogP contribution is -2.28. The van der Waals surface area contributed by atoms with Gasteiger partial charge in [-0.1, -0.05) is 0 Å². The summed E-state index contributed by atoms with van der Waals surface area (Å²) in [7, 11) is 2.01. The number of anilines is 2. The summed E-state index contributed by atoms with van der Waals surface area (Å²) in [6, 6.07) is 4.05. The molecule has 0 bridgehead atoms. The number of rotatable bonds is 5. The predicted molar refractivity (Wildman–Crippen MR) is 84.4 cm³/mol. The van der Waals surface area contributed by atoms with Gasteiger partial charge in [0.25, 0.3) is 0 Å². The van der Waals surface area contributed by atoms with Gasteiger partial charge < -0.3 is 10.2 Å². The number of nitrogens with zero attached hydrogens (tertiary/aromatic N) is 5. The lowest BCUT2D eigenvalue weighted by atomic mass is 10.1. The van der Waals surface area contributed by atoms with Gasteiger partial charge in [0.1, 0.15) is 0 Å². The van der Waals surface area contributed by atoms with E-state index in [1.54, 1.807) is 6.20 Å². The van der Waals surface area contributed by atoms with Crippen LogP contribution in [0.15, 0.2) is 30.7 Å². The smallest absolute Gasteiger partial charge is 0.245 e. The molecule has 1 N–H and O–H groups in total. The summed E-state index contributed by atoms with van der Waals surface area (Å²) in [6.45, 7) is 7.06. The van der Waals surface area contributed by atoms with E-state index in [9.17, 15) is 0 Å². The monoisotopic (exact) mass is 286 g/mol. The van der Waals surface area contributed by atoms with Crippen LogP contribution < -0.4 is 10.2 Å². The molecular weight excluding hydrogens is 264 g/mol. The zero-order valence-electron chi connectivity index (χ0n) is 13.0. The molecule has 0 spiro atoms. The summed E-state index contributed by atoms with van der Waals surface area (Å²) in [5.74, 6) is 1.36. The third-order valence-electron chi connectivity index (χ3n) is 2.91. The molecule has 0 aliphatic carbocycles. The maximum absolute atomic E-state index is 4.50. The fourth-order valence-electron chi connectivity index (χ4n) is 1.83. The van der Waals surface area contributed by atoms with Crippen LogP contribution in [0, 0.1) is 0 Å². The van der Waals surface area contributed by atoms with Crippen LogP contribution in [-0.2, 0) is 6.42 Å². The summed E-state index contributed by atoms with van der Waals surface area (Å²) in [5, 5.41) is 11.3. The molecule has 0 unspecified atom stereocenters. The highest BCUT2D eigenvalue weighted by Gasteiger charge is 2.13. The normalized spacial score (nSPS) is 11.2. The quantitative estimate of drug-likeness (QED) is 0.908. The van der Waals surface area contributed by atoms with Gasteiger partial charge >= 0.3 is 0 Å². The zero-order chi connectivity index (χ0) is 15.3. The second-order valence-corrected chi connectivity index (χ2v) is 6.04. The molecule has 6 nitrogen and oxygen atoms in total. The average molecular weight is 286 g/mol. The van der Waals surface area contributed by atoms with Crippen LogP contribution in [0.5, 0.6) is 0 Å². The van der Waals surface area contributed by atoms with Gasteiger partial charge in [0.2, 0.25) is 5.95 Å². The highest BCUT2D eigenvalue weighted by Crippen LogP contribution is 2.13. The Hall–Kier alpha value is -2.24. The van der Waals surface area contributed by atoms with Crippen molar-refractivity contribution in [2.24, 2.45) is 0 Å². The molecule has 0 aliphatic rings. The van der Waals surface area contributed by atoms with E-state index in [0.29, 0.717) is 5.95 Å². The summed E-state index contributed by atoms with van der Waals surface area (Å²) >= 11 is 0. The minimum absolute atomic E-state index is 0.0874. The third-order valence-corrected chi connectivity index (χ3v) is 2.91. The lowest BCUT2D eigenvalue weighted by Gasteiger charge is -2.22. The predicted octanol–water partition coefficient (Wildman–Crippen LogP) is 2.16. The summed E-state index contributed by atoms with van der Waals surface area (Å²) in [4.78, 5) is 10.6. The van der Waals surface area contributed by atoms with Gasteiger partial charge in [-0.15, -0.1) is 5.10 Å². The van der Waals surface area contributed by atoms with Crippen molar-refractivity contribution < 1.29 is 0 Å². The molecule has 0 atom stereocenters.